The van der Waals surface area contributed by atoms with Gasteiger partial charge in [-0.15, -0.1) is 0 Å². The molecule has 1 aromatic rings. The number of carbonyl (C=O) groups is 1. The van der Waals surface area contributed by atoms with Crippen molar-refractivity contribution in [2.24, 2.45) is 11.7 Å². The Bertz CT molecular complexity index is 451. The molecule has 0 aliphatic rings. The maximum atomic E-state index is 13.5. The lowest BCUT2D eigenvalue weighted by Gasteiger charge is -2.18. The standard InChI is InChI=1S/C12H17F2N3O/c1-3-6(2)10(16)12(18)17-11-8(15)5-4-7(13)9(11)14/h4-6,10H,3,15-16H2,1-2H3,(H,17,18)/t6?,10-/m0/s1. The molecule has 1 aromatic carbocycles. The summed E-state index contributed by atoms with van der Waals surface area (Å²) in [5.41, 5.74) is 10.8. The van der Waals surface area contributed by atoms with Crippen molar-refractivity contribution in [3.05, 3.63) is 23.8 Å². The molecule has 0 saturated heterocycles. The molecule has 4 nitrogen and oxygen atoms in total. The van der Waals surface area contributed by atoms with Gasteiger partial charge < -0.3 is 16.8 Å². The van der Waals surface area contributed by atoms with E-state index in [1.807, 2.05) is 6.92 Å². The molecule has 6 heteroatoms. The van der Waals surface area contributed by atoms with E-state index in [4.69, 9.17) is 11.5 Å². The molecular weight excluding hydrogens is 240 g/mol. The molecule has 5 N–H and O–H groups in total. The Kier molecular flexibility index (Phi) is 4.61. The summed E-state index contributed by atoms with van der Waals surface area (Å²) < 4.78 is 26.5. The first-order valence-electron chi connectivity index (χ1n) is 5.68. The molecule has 0 spiro atoms. The average Bonchev–Trinajstić information content (AvgIpc) is 2.37. The Morgan fingerprint density at radius 3 is 2.61 bits per heavy atom. The van der Waals surface area contributed by atoms with Crippen LogP contribution in [-0.2, 0) is 4.79 Å². The first-order chi connectivity index (χ1) is 8.38. The number of halogens is 2. The van der Waals surface area contributed by atoms with Crippen LogP contribution in [-0.4, -0.2) is 11.9 Å². The van der Waals surface area contributed by atoms with Gasteiger partial charge in [-0.1, -0.05) is 20.3 Å². The fraction of sp³-hybridized carbons (Fsp3) is 0.417. The van der Waals surface area contributed by atoms with Gasteiger partial charge in [0.25, 0.3) is 0 Å². The first-order valence-corrected chi connectivity index (χ1v) is 5.68. The molecule has 0 aliphatic carbocycles. The van der Waals surface area contributed by atoms with Crippen LogP contribution in [0.25, 0.3) is 0 Å². The minimum atomic E-state index is -1.18. The van der Waals surface area contributed by atoms with Crippen molar-refractivity contribution in [1.82, 2.24) is 0 Å². The summed E-state index contributed by atoms with van der Waals surface area (Å²) in [4.78, 5) is 11.7. The lowest BCUT2D eigenvalue weighted by atomic mass is 9.99. The number of hydrogen-bond donors (Lipinski definition) is 3. The van der Waals surface area contributed by atoms with Crippen molar-refractivity contribution in [3.63, 3.8) is 0 Å². The van der Waals surface area contributed by atoms with Crippen molar-refractivity contribution in [3.8, 4) is 0 Å². The van der Waals surface area contributed by atoms with E-state index in [9.17, 15) is 13.6 Å². The van der Waals surface area contributed by atoms with Gasteiger partial charge in [-0.25, -0.2) is 8.78 Å². The molecule has 1 unspecified atom stereocenters. The van der Waals surface area contributed by atoms with Crippen LogP contribution in [0.5, 0.6) is 0 Å². The van der Waals surface area contributed by atoms with Crippen LogP contribution in [0.3, 0.4) is 0 Å². The summed E-state index contributed by atoms with van der Waals surface area (Å²) in [6.07, 6.45) is 0.704. The normalized spacial score (nSPS) is 14.1. The van der Waals surface area contributed by atoms with Crippen LogP contribution in [0.2, 0.25) is 0 Å². The monoisotopic (exact) mass is 257 g/mol. The second-order valence-corrected chi connectivity index (χ2v) is 4.23. The van der Waals surface area contributed by atoms with Crippen LogP contribution in [0, 0.1) is 17.6 Å². The Morgan fingerprint density at radius 2 is 2.06 bits per heavy atom. The Morgan fingerprint density at radius 1 is 1.44 bits per heavy atom. The fourth-order valence-electron chi connectivity index (χ4n) is 1.41. The van der Waals surface area contributed by atoms with Crippen LogP contribution >= 0.6 is 0 Å². The molecular formula is C12H17F2N3O. The molecule has 0 heterocycles. The van der Waals surface area contributed by atoms with Crippen molar-refractivity contribution in [2.75, 3.05) is 11.1 Å². The number of rotatable bonds is 4. The summed E-state index contributed by atoms with van der Waals surface area (Å²) >= 11 is 0. The molecule has 2 atom stereocenters. The van der Waals surface area contributed by atoms with E-state index < -0.39 is 23.6 Å². The van der Waals surface area contributed by atoms with Gasteiger partial charge in [0.2, 0.25) is 5.91 Å². The molecule has 0 saturated carbocycles. The number of amides is 1. The van der Waals surface area contributed by atoms with Crippen LogP contribution in [0.4, 0.5) is 20.2 Å². The summed E-state index contributed by atoms with van der Waals surface area (Å²) in [5, 5.41) is 2.23. The van der Waals surface area contributed by atoms with E-state index in [-0.39, 0.29) is 17.3 Å². The largest absolute Gasteiger partial charge is 0.397 e. The molecule has 0 aromatic heterocycles. The third-order valence-electron chi connectivity index (χ3n) is 2.94. The van der Waals surface area contributed by atoms with Crippen molar-refractivity contribution in [1.29, 1.82) is 0 Å². The smallest absolute Gasteiger partial charge is 0.241 e. The zero-order chi connectivity index (χ0) is 13.9. The number of carbonyl (C=O) groups excluding carboxylic acids is 1. The highest BCUT2D eigenvalue weighted by Crippen LogP contribution is 2.25. The van der Waals surface area contributed by atoms with Gasteiger partial charge in [-0.2, -0.15) is 0 Å². The highest BCUT2D eigenvalue weighted by atomic mass is 19.2. The van der Waals surface area contributed by atoms with E-state index in [0.717, 1.165) is 6.07 Å². The molecule has 1 amide bonds. The van der Waals surface area contributed by atoms with E-state index >= 15 is 0 Å². The Labute approximate surface area is 104 Å². The maximum Gasteiger partial charge on any atom is 0.241 e. The van der Waals surface area contributed by atoms with Gasteiger partial charge in [0, 0.05) is 0 Å². The van der Waals surface area contributed by atoms with E-state index in [0.29, 0.717) is 6.42 Å². The number of nitrogen functional groups attached to an aromatic ring is 1. The molecule has 1 rings (SSSR count). The molecule has 100 valence electrons. The van der Waals surface area contributed by atoms with Crippen LogP contribution < -0.4 is 16.8 Å². The molecule has 18 heavy (non-hydrogen) atoms. The molecule has 0 radical (unpaired) electrons. The van der Waals surface area contributed by atoms with Crippen LogP contribution in [0.1, 0.15) is 20.3 Å². The van der Waals surface area contributed by atoms with Gasteiger partial charge in [-0.3, -0.25) is 4.79 Å². The predicted octanol–water partition coefficient (Wildman–Crippen LogP) is 1.86. The minimum Gasteiger partial charge on any atom is -0.397 e. The lowest BCUT2D eigenvalue weighted by Crippen LogP contribution is -2.41. The lowest BCUT2D eigenvalue weighted by molar-refractivity contribution is -0.118. The fourth-order valence-corrected chi connectivity index (χ4v) is 1.41. The van der Waals surface area contributed by atoms with E-state index in [2.05, 4.69) is 5.32 Å². The predicted molar refractivity (Wildman–Crippen MR) is 66.8 cm³/mol. The Balaban J connectivity index is 2.92. The van der Waals surface area contributed by atoms with E-state index in [1.165, 1.54) is 6.07 Å². The van der Waals surface area contributed by atoms with Gasteiger partial charge >= 0.3 is 0 Å². The summed E-state index contributed by atoms with van der Waals surface area (Å²) in [6.45, 7) is 3.68. The zero-order valence-electron chi connectivity index (χ0n) is 10.3. The second kappa shape index (κ2) is 5.77. The first kappa shape index (κ1) is 14.4. The SMILES string of the molecule is CCC(C)[C@H](N)C(=O)Nc1c(N)ccc(F)c1F. The summed E-state index contributed by atoms with van der Waals surface area (Å²) in [7, 11) is 0. The van der Waals surface area contributed by atoms with Gasteiger partial charge in [0.1, 0.15) is 5.69 Å². The number of nitrogens with one attached hydrogen (secondary N) is 1. The Hall–Kier alpha value is -1.69. The topological polar surface area (TPSA) is 81.1 Å². The summed E-state index contributed by atoms with van der Waals surface area (Å²) in [6, 6.07) is 1.29. The van der Waals surface area contributed by atoms with Crippen molar-refractivity contribution >= 4 is 17.3 Å². The van der Waals surface area contributed by atoms with Crippen LogP contribution in [0.15, 0.2) is 12.1 Å². The van der Waals surface area contributed by atoms with Gasteiger partial charge in [-0.05, 0) is 18.1 Å². The average molecular weight is 257 g/mol. The van der Waals surface area contributed by atoms with Gasteiger partial charge in [0.15, 0.2) is 11.6 Å². The molecule has 0 fully saturated rings. The third-order valence-corrected chi connectivity index (χ3v) is 2.94. The molecule has 0 bridgehead atoms. The number of hydrogen-bond acceptors (Lipinski definition) is 3. The van der Waals surface area contributed by atoms with E-state index in [1.54, 1.807) is 6.92 Å². The quantitative estimate of drug-likeness (QED) is 0.720. The van der Waals surface area contributed by atoms with Gasteiger partial charge in [0.05, 0.1) is 11.7 Å². The van der Waals surface area contributed by atoms with Crippen molar-refractivity contribution < 1.29 is 13.6 Å². The summed E-state index contributed by atoms with van der Waals surface area (Å²) in [5.74, 6) is -2.90. The second-order valence-electron chi connectivity index (χ2n) is 4.23. The van der Waals surface area contributed by atoms with Crippen molar-refractivity contribution in [2.45, 2.75) is 26.3 Å². The number of anilines is 2. The highest BCUT2D eigenvalue weighted by molar-refractivity contribution is 5.97. The highest BCUT2D eigenvalue weighted by Gasteiger charge is 2.22. The third kappa shape index (κ3) is 2.95. The molecule has 0 aliphatic heterocycles. The zero-order valence-corrected chi connectivity index (χ0v) is 10.3. The number of nitrogens with two attached hydrogens (primary N) is 2. The number of benzene rings is 1. The minimum absolute atomic E-state index is 0.0430. The maximum absolute atomic E-state index is 13.5.